The van der Waals surface area contributed by atoms with Crippen molar-refractivity contribution in [2.45, 2.75) is 37.5 Å². The number of rotatable bonds is 4. The van der Waals surface area contributed by atoms with Gasteiger partial charge in [-0.3, -0.25) is 4.79 Å². The number of carbonyl (C=O) groups excluding carboxylic acids is 1. The van der Waals surface area contributed by atoms with Crippen LogP contribution >= 0.6 is 0 Å². The molecule has 1 aromatic rings. The molecule has 98 valence electrons. The van der Waals surface area contributed by atoms with Crippen molar-refractivity contribution in [1.82, 2.24) is 5.32 Å². The Balaban J connectivity index is 1.95. The lowest BCUT2D eigenvalue weighted by Crippen LogP contribution is -2.44. The predicted octanol–water partition coefficient (Wildman–Crippen LogP) is 1.37. The van der Waals surface area contributed by atoms with Crippen LogP contribution in [0.15, 0.2) is 30.3 Å². The Kier molecular flexibility index (Phi) is 4.33. The molecule has 2 rings (SSSR count). The zero-order valence-corrected chi connectivity index (χ0v) is 10.6. The number of amides is 1. The van der Waals surface area contributed by atoms with E-state index in [0.717, 1.165) is 24.8 Å². The van der Waals surface area contributed by atoms with Crippen LogP contribution in [0.3, 0.4) is 0 Å². The van der Waals surface area contributed by atoms with Gasteiger partial charge in [0.1, 0.15) is 6.04 Å². The van der Waals surface area contributed by atoms with E-state index >= 15 is 0 Å². The first kappa shape index (κ1) is 13.1. The maximum absolute atomic E-state index is 12.1. The standard InChI is InChI=1S/C14H20N2O2/c1-18-12-9-5-8-11(12)16-14(17)13(15)10-6-3-2-4-7-10/h2-4,6-7,11-13H,5,8-9,15H2,1H3,(H,16,17)/t11?,12?,13-/m1/s1. The van der Waals surface area contributed by atoms with E-state index in [2.05, 4.69) is 5.32 Å². The topological polar surface area (TPSA) is 64.3 Å². The second-order valence-electron chi connectivity index (χ2n) is 4.71. The molecular weight excluding hydrogens is 228 g/mol. The van der Waals surface area contributed by atoms with Gasteiger partial charge >= 0.3 is 0 Å². The second-order valence-corrected chi connectivity index (χ2v) is 4.71. The van der Waals surface area contributed by atoms with E-state index < -0.39 is 6.04 Å². The quantitative estimate of drug-likeness (QED) is 0.846. The molecule has 1 aliphatic rings. The maximum Gasteiger partial charge on any atom is 0.241 e. The molecule has 3 N–H and O–H groups in total. The van der Waals surface area contributed by atoms with Crippen LogP contribution in [0.5, 0.6) is 0 Å². The summed E-state index contributed by atoms with van der Waals surface area (Å²) in [5.41, 5.74) is 6.79. The number of carbonyl (C=O) groups is 1. The van der Waals surface area contributed by atoms with Crippen LogP contribution < -0.4 is 11.1 Å². The molecule has 0 aromatic heterocycles. The largest absolute Gasteiger partial charge is 0.379 e. The molecule has 1 aliphatic carbocycles. The fraction of sp³-hybridized carbons (Fsp3) is 0.500. The fourth-order valence-electron chi connectivity index (χ4n) is 2.46. The van der Waals surface area contributed by atoms with E-state index in [1.54, 1.807) is 7.11 Å². The third-order valence-corrected chi connectivity index (χ3v) is 3.52. The average molecular weight is 248 g/mol. The molecule has 18 heavy (non-hydrogen) atoms. The third-order valence-electron chi connectivity index (χ3n) is 3.52. The number of nitrogens with one attached hydrogen (secondary N) is 1. The van der Waals surface area contributed by atoms with Gasteiger partial charge in [-0.15, -0.1) is 0 Å². The number of hydrogen-bond acceptors (Lipinski definition) is 3. The van der Waals surface area contributed by atoms with Crippen LogP contribution in [-0.4, -0.2) is 25.2 Å². The minimum absolute atomic E-state index is 0.0947. The van der Waals surface area contributed by atoms with Crippen LogP contribution in [0, 0.1) is 0 Å². The Morgan fingerprint density at radius 2 is 2.11 bits per heavy atom. The normalized spacial score (nSPS) is 24.8. The van der Waals surface area contributed by atoms with Crippen LogP contribution in [0.1, 0.15) is 30.9 Å². The van der Waals surface area contributed by atoms with E-state index in [4.69, 9.17) is 10.5 Å². The lowest BCUT2D eigenvalue weighted by Gasteiger charge is -2.21. The highest BCUT2D eigenvalue weighted by atomic mass is 16.5. The van der Waals surface area contributed by atoms with Gasteiger partial charge < -0.3 is 15.8 Å². The number of hydrogen-bond donors (Lipinski definition) is 2. The molecular formula is C14H20N2O2. The molecule has 4 nitrogen and oxygen atoms in total. The first-order valence-electron chi connectivity index (χ1n) is 6.36. The van der Waals surface area contributed by atoms with Crippen molar-refractivity contribution in [3.63, 3.8) is 0 Å². The minimum atomic E-state index is -0.607. The predicted molar refractivity (Wildman–Crippen MR) is 69.9 cm³/mol. The van der Waals surface area contributed by atoms with Gasteiger partial charge in [-0.05, 0) is 24.8 Å². The molecule has 1 aromatic carbocycles. The van der Waals surface area contributed by atoms with Crippen molar-refractivity contribution in [1.29, 1.82) is 0 Å². The molecule has 0 spiro atoms. The number of ether oxygens (including phenoxy) is 1. The van der Waals surface area contributed by atoms with Gasteiger partial charge in [-0.25, -0.2) is 0 Å². The molecule has 0 heterocycles. The Labute approximate surface area is 108 Å². The summed E-state index contributed by atoms with van der Waals surface area (Å²) < 4.78 is 5.35. The van der Waals surface area contributed by atoms with Crippen molar-refractivity contribution in [2.24, 2.45) is 5.73 Å². The molecule has 0 aliphatic heterocycles. The zero-order chi connectivity index (χ0) is 13.0. The highest BCUT2D eigenvalue weighted by Gasteiger charge is 2.29. The summed E-state index contributed by atoms with van der Waals surface area (Å²) in [7, 11) is 1.69. The van der Waals surface area contributed by atoms with Crippen molar-refractivity contribution in [3.8, 4) is 0 Å². The lowest BCUT2D eigenvalue weighted by atomic mass is 10.1. The van der Waals surface area contributed by atoms with Gasteiger partial charge in [0.2, 0.25) is 5.91 Å². The molecule has 0 radical (unpaired) electrons. The van der Waals surface area contributed by atoms with Gasteiger partial charge in [-0.2, -0.15) is 0 Å². The SMILES string of the molecule is COC1CCCC1NC(=O)[C@H](N)c1ccccc1. The summed E-state index contributed by atoms with van der Waals surface area (Å²) in [4.78, 5) is 12.1. The third kappa shape index (κ3) is 2.89. The summed E-state index contributed by atoms with van der Waals surface area (Å²) in [5.74, 6) is -0.129. The molecule has 0 bridgehead atoms. The summed E-state index contributed by atoms with van der Waals surface area (Å²) >= 11 is 0. The van der Waals surface area contributed by atoms with E-state index in [1.165, 1.54) is 0 Å². The Hall–Kier alpha value is -1.39. The summed E-state index contributed by atoms with van der Waals surface area (Å²) in [6.45, 7) is 0. The number of nitrogens with two attached hydrogens (primary N) is 1. The minimum Gasteiger partial charge on any atom is -0.379 e. The molecule has 4 heteroatoms. The van der Waals surface area contributed by atoms with Gasteiger partial charge in [0, 0.05) is 7.11 Å². The van der Waals surface area contributed by atoms with E-state index in [9.17, 15) is 4.79 Å². The average Bonchev–Trinajstić information content (AvgIpc) is 2.86. The molecule has 3 atom stereocenters. The first-order chi connectivity index (χ1) is 8.72. The Bertz CT molecular complexity index is 394. The van der Waals surface area contributed by atoms with E-state index in [0.29, 0.717) is 0 Å². The van der Waals surface area contributed by atoms with E-state index in [-0.39, 0.29) is 18.1 Å². The van der Waals surface area contributed by atoms with Gasteiger partial charge in [-0.1, -0.05) is 30.3 Å². The second kappa shape index (κ2) is 5.98. The lowest BCUT2D eigenvalue weighted by molar-refractivity contribution is -0.124. The van der Waals surface area contributed by atoms with Crippen LogP contribution in [0.25, 0.3) is 0 Å². The number of benzene rings is 1. The van der Waals surface area contributed by atoms with E-state index in [1.807, 2.05) is 30.3 Å². The Morgan fingerprint density at radius 3 is 2.78 bits per heavy atom. The highest BCUT2D eigenvalue weighted by molar-refractivity contribution is 5.83. The summed E-state index contributed by atoms with van der Waals surface area (Å²) in [6.07, 6.45) is 3.18. The molecule has 2 unspecified atom stereocenters. The highest BCUT2D eigenvalue weighted by Crippen LogP contribution is 2.22. The van der Waals surface area contributed by atoms with Crippen molar-refractivity contribution in [2.75, 3.05) is 7.11 Å². The van der Waals surface area contributed by atoms with Crippen LogP contribution in [0.4, 0.5) is 0 Å². The Morgan fingerprint density at radius 1 is 1.39 bits per heavy atom. The monoisotopic (exact) mass is 248 g/mol. The van der Waals surface area contributed by atoms with Gasteiger partial charge in [0.15, 0.2) is 0 Å². The van der Waals surface area contributed by atoms with Gasteiger partial charge in [0.05, 0.1) is 12.1 Å². The van der Waals surface area contributed by atoms with Crippen LogP contribution in [-0.2, 0) is 9.53 Å². The van der Waals surface area contributed by atoms with Gasteiger partial charge in [0.25, 0.3) is 0 Å². The smallest absolute Gasteiger partial charge is 0.241 e. The zero-order valence-electron chi connectivity index (χ0n) is 10.6. The molecule has 1 amide bonds. The van der Waals surface area contributed by atoms with Crippen molar-refractivity contribution >= 4 is 5.91 Å². The summed E-state index contributed by atoms with van der Waals surface area (Å²) in [6, 6.07) is 8.90. The maximum atomic E-state index is 12.1. The summed E-state index contributed by atoms with van der Waals surface area (Å²) in [5, 5.41) is 2.99. The first-order valence-corrected chi connectivity index (χ1v) is 6.36. The van der Waals surface area contributed by atoms with Crippen molar-refractivity contribution in [3.05, 3.63) is 35.9 Å². The van der Waals surface area contributed by atoms with Crippen LogP contribution in [0.2, 0.25) is 0 Å². The fourth-order valence-corrected chi connectivity index (χ4v) is 2.46. The molecule has 1 fully saturated rings. The molecule has 0 saturated heterocycles. The number of methoxy groups -OCH3 is 1. The van der Waals surface area contributed by atoms with Crippen molar-refractivity contribution < 1.29 is 9.53 Å². The molecule has 1 saturated carbocycles.